The molecule has 0 spiro atoms. The summed E-state index contributed by atoms with van der Waals surface area (Å²) in [6, 6.07) is 18.4. The zero-order chi connectivity index (χ0) is 31.8. The van der Waals surface area contributed by atoms with Crippen LogP contribution in [0, 0.1) is 0 Å². The van der Waals surface area contributed by atoms with Crippen LogP contribution in [-0.2, 0) is 32.0 Å². The van der Waals surface area contributed by atoms with Gasteiger partial charge in [-0.1, -0.05) is 35.5 Å². The Morgan fingerprint density at radius 2 is 1.80 bits per heavy atom. The number of hydrogen-bond donors (Lipinski definition) is 1. The van der Waals surface area contributed by atoms with Gasteiger partial charge in [0.1, 0.15) is 18.1 Å². The minimum atomic E-state index is -1.01. The molecule has 1 fully saturated rings. The Bertz CT molecular complexity index is 1630. The molecule has 2 amide bonds. The number of benzene rings is 3. The third-order valence-electron chi connectivity index (χ3n) is 7.85. The second-order valence-corrected chi connectivity index (χ2v) is 10.7. The van der Waals surface area contributed by atoms with E-state index in [9.17, 15) is 14.4 Å². The van der Waals surface area contributed by atoms with E-state index in [4.69, 9.17) is 18.9 Å². The molecule has 45 heavy (non-hydrogen) atoms. The van der Waals surface area contributed by atoms with E-state index >= 15 is 0 Å². The van der Waals surface area contributed by atoms with Crippen molar-refractivity contribution >= 4 is 28.8 Å². The standard InChI is InChI=1S/C33H37N5O7/c1-42-28-15-10-22(19-29(28)43-2)16-17-37(30(39)21-38-27-9-5-4-8-26(27)35-36-38)31(32(40)34-20-25-7-6-18-45-25)23-11-13-24(14-12-23)33(41)44-3/h4-5,8-15,19,25,31H,6-7,16-18,20-21H2,1-3H3,(H,34,40). The number of rotatable bonds is 13. The fraction of sp³-hybridized carbons (Fsp3) is 0.364. The molecule has 1 aromatic heterocycles. The third-order valence-corrected chi connectivity index (χ3v) is 7.85. The summed E-state index contributed by atoms with van der Waals surface area (Å²) in [5.41, 5.74) is 3.11. The molecule has 5 rings (SSSR count). The van der Waals surface area contributed by atoms with E-state index in [-0.39, 0.29) is 31.0 Å². The molecule has 1 N–H and O–H groups in total. The Balaban J connectivity index is 1.49. The number of amides is 2. The number of para-hydroxylation sites is 1. The van der Waals surface area contributed by atoms with Gasteiger partial charge in [0.05, 0.1) is 38.5 Å². The van der Waals surface area contributed by atoms with E-state index in [2.05, 4.69) is 15.6 Å². The first-order valence-corrected chi connectivity index (χ1v) is 14.8. The van der Waals surface area contributed by atoms with Gasteiger partial charge in [0.25, 0.3) is 0 Å². The number of methoxy groups -OCH3 is 3. The number of fused-ring (bicyclic) bond motifs is 1. The van der Waals surface area contributed by atoms with Gasteiger partial charge in [-0.25, -0.2) is 9.48 Å². The minimum absolute atomic E-state index is 0.0891. The fourth-order valence-electron chi connectivity index (χ4n) is 5.45. The lowest BCUT2D eigenvalue weighted by atomic mass is 10.0. The first kappa shape index (κ1) is 31.5. The molecule has 2 atom stereocenters. The highest BCUT2D eigenvalue weighted by atomic mass is 16.5. The molecule has 0 saturated carbocycles. The minimum Gasteiger partial charge on any atom is -0.493 e. The van der Waals surface area contributed by atoms with Crippen molar-refractivity contribution in [2.45, 2.75) is 38.0 Å². The molecule has 1 saturated heterocycles. The van der Waals surface area contributed by atoms with Crippen LogP contribution in [0.15, 0.2) is 66.7 Å². The number of nitrogens with zero attached hydrogens (tertiary/aromatic N) is 4. The van der Waals surface area contributed by atoms with Crippen LogP contribution < -0.4 is 14.8 Å². The highest BCUT2D eigenvalue weighted by Gasteiger charge is 2.33. The van der Waals surface area contributed by atoms with Crippen molar-refractivity contribution < 1.29 is 33.3 Å². The molecule has 0 aliphatic carbocycles. The van der Waals surface area contributed by atoms with Gasteiger partial charge in [0.2, 0.25) is 11.8 Å². The van der Waals surface area contributed by atoms with Crippen molar-refractivity contribution in [2.24, 2.45) is 0 Å². The van der Waals surface area contributed by atoms with Gasteiger partial charge in [0, 0.05) is 19.7 Å². The van der Waals surface area contributed by atoms with Crippen LogP contribution in [0.5, 0.6) is 11.5 Å². The zero-order valence-electron chi connectivity index (χ0n) is 25.6. The van der Waals surface area contributed by atoms with Crippen LogP contribution in [0.25, 0.3) is 11.0 Å². The molecule has 0 radical (unpaired) electrons. The first-order chi connectivity index (χ1) is 21.9. The average Bonchev–Trinajstić information content (AvgIpc) is 3.75. The lowest BCUT2D eigenvalue weighted by Gasteiger charge is -2.32. The maximum Gasteiger partial charge on any atom is 0.337 e. The van der Waals surface area contributed by atoms with Crippen molar-refractivity contribution in [3.05, 3.63) is 83.4 Å². The second-order valence-electron chi connectivity index (χ2n) is 10.7. The van der Waals surface area contributed by atoms with Gasteiger partial charge < -0.3 is 29.2 Å². The SMILES string of the molecule is COC(=O)c1ccc(C(C(=O)NCC2CCCO2)N(CCc2ccc(OC)c(OC)c2)C(=O)Cn2nnc3ccccc32)cc1. The summed E-state index contributed by atoms with van der Waals surface area (Å²) in [4.78, 5) is 41.9. The molecule has 1 aliphatic heterocycles. The van der Waals surface area contributed by atoms with E-state index in [1.54, 1.807) is 49.5 Å². The molecular weight excluding hydrogens is 578 g/mol. The molecule has 3 aromatic carbocycles. The van der Waals surface area contributed by atoms with Crippen molar-refractivity contribution in [3.63, 3.8) is 0 Å². The Morgan fingerprint density at radius 1 is 1.02 bits per heavy atom. The Morgan fingerprint density at radius 3 is 2.51 bits per heavy atom. The predicted molar refractivity (Wildman–Crippen MR) is 165 cm³/mol. The van der Waals surface area contributed by atoms with Gasteiger partial charge >= 0.3 is 5.97 Å². The number of ether oxygens (including phenoxy) is 4. The lowest BCUT2D eigenvalue weighted by molar-refractivity contribution is -0.141. The molecule has 12 nitrogen and oxygen atoms in total. The van der Waals surface area contributed by atoms with Crippen molar-refractivity contribution in [3.8, 4) is 11.5 Å². The summed E-state index contributed by atoms with van der Waals surface area (Å²) in [6.45, 7) is 1.03. The second kappa shape index (κ2) is 14.7. The van der Waals surface area contributed by atoms with Gasteiger partial charge in [-0.3, -0.25) is 9.59 Å². The number of esters is 1. The number of hydrogen-bond acceptors (Lipinski definition) is 9. The Kier molecular flexibility index (Phi) is 10.3. The molecule has 0 bridgehead atoms. The number of carbonyl (C=O) groups is 3. The summed E-state index contributed by atoms with van der Waals surface area (Å²) in [7, 11) is 4.43. The monoisotopic (exact) mass is 615 g/mol. The average molecular weight is 616 g/mol. The van der Waals surface area contributed by atoms with E-state index in [1.165, 1.54) is 11.8 Å². The van der Waals surface area contributed by atoms with E-state index < -0.39 is 12.0 Å². The van der Waals surface area contributed by atoms with Crippen molar-refractivity contribution in [1.29, 1.82) is 0 Å². The lowest BCUT2D eigenvalue weighted by Crippen LogP contribution is -2.47. The molecular formula is C33H37N5O7. The van der Waals surface area contributed by atoms with Crippen LogP contribution in [-0.4, -0.2) is 84.8 Å². The normalized spacial score (nSPS) is 15.0. The summed E-state index contributed by atoms with van der Waals surface area (Å²) >= 11 is 0. The highest BCUT2D eigenvalue weighted by molar-refractivity contribution is 5.91. The maximum atomic E-state index is 14.2. The summed E-state index contributed by atoms with van der Waals surface area (Å²) < 4.78 is 23.0. The molecule has 2 heterocycles. The van der Waals surface area contributed by atoms with Crippen molar-refractivity contribution in [1.82, 2.24) is 25.2 Å². The first-order valence-electron chi connectivity index (χ1n) is 14.8. The summed E-state index contributed by atoms with van der Waals surface area (Å²) in [5, 5.41) is 11.4. The Labute approximate surface area is 261 Å². The third kappa shape index (κ3) is 7.40. The van der Waals surface area contributed by atoms with E-state index in [0.29, 0.717) is 53.2 Å². The van der Waals surface area contributed by atoms with Gasteiger partial charge in [-0.2, -0.15) is 0 Å². The van der Waals surface area contributed by atoms with Gasteiger partial charge in [0.15, 0.2) is 11.5 Å². The van der Waals surface area contributed by atoms with E-state index in [0.717, 1.165) is 18.4 Å². The maximum absolute atomic E-state index is 14.2. The van der Waals surface area contributed by atoms with E-state index in [1.807, 2.05) is 36.4 Å². The number of nitrogens with one attached hydrogen (secondary N) is 1. The van der Waals surface area contributed by atoms with Crippen LogP contribution in [0.3, 0.4) is 0 Å². The fourth-order valence-corrected chi connectivity index (χ4v) is 5.45. The van der Waals surface area contributed by atoms with Crippen LogP contribution in [0.4, 0.5) is 0 Å². The molecule has 12 heteroatoms. The summed E-state index contributed by atoms with van der Waals surface area (Å²) in [5.74, 6) is -0.0446. The predicted octanol–water partition coefficient (Wildman–Crippen LogP) is 3.34. The number of carbonyl (C=O) groups excluding carboxylic acids is 3. The molecule has 1 aliphatic rings. The topological polar surface area (TPSA) is 134 Å². The largest absolute Gasteiger partial charge is 0.493 e. The highest BCUT2D eigenvalue weighted by Crippen LogP contribution is 2.29. The molecule has 2 unspecified atom stereocenters. The number of aromatic nitrogens is 3. The zero-order valence-corrected chi connectivity index (χ0v) is 25.6. The van der Waals surface area contributed by atoms with Crippen LogP contribution >= 0.6 is 0 Å². The molecule has 4 aromatic rings. The quantitative estimate of drug-likeness (QED) is 0.225. The van der Waals surface area contributed by atoms with Crippen molar-refractivity contribution in [2.75, 3.05) is 41.0 Å². The molecule has 236 valence electrons. The van der Waals surface area contributed by atoms with Gasteiger partial charge in [-0.05, 0) is 66.8 Å². The Hall–Kier alpha value is -4.97. The summed E-state index contributed by atoms with van der Waals surface area (Å²) in [6.07, 6.45) is 2.11. The van der Waals surface area contributed by atoms with Crippen LogP contribution in [0.2, 0.25) is 0 Å². The smallest absolute Gasteiger partial charge is 0.337 e. The van der Waals surface area contributed by atoms with Gasteiger partial charge in [-0.15, -0.1) is 5.10 Å². The van der Waals surface area contributed by atoms with Crippen LogP contribution in [0.1, 0.15) is 40.4 Å².